The van der Waals surface area contributed by atoms with Crippen LogP contribution in [0.3, 0.4) is 0 Å². The number of Topliss-reactive ketones (excluding diaryl/α,β-unsaturated/α-hetero) is 1. The van der Waals surface area contributed by atoms with Gasteiger partial charge >= 0.3 is 0 Å². The number of hydrogen-bond donors (Lipinski definition) is 1. The Labute approximate surface area is 191 Å². The standard InChI is InChI=1S/C25H33NO4.ClH/c1-4-29-25-11-10-20(27)23(2)24(25)12-13-26(15-16-6-5-7-16)19(25)14-17-8-9-18(28-3)22(30-23)21(17)24;/h8-9,16,19H,4-7,10-15H2,1-3H3;1H/t19-,23+,24+,25-;/m1./s1. The monoisotopic (exact) mass is 447 g/mol. The zero-order valence-electron chi connectivity index (χ0n) is 18.9. The minimum atomic E-state index is -0.868. The van der Waals surface area contributed by atoms with Gasteiger partial charge in [0.05, 0.1) is 25.6 Å². The fraction of sp³-hybridized carbons (Fsp3) is 0.720. The quantitative estimate of drug-likeness (QED) is 0.644. The van der Waals surface area contributed by atoms with Crippen LogP contribution in [0.1, 0.15) is 63.5 Å². The first-order valence-electron chi connectivity index (χ1n) is 11.9. The maximum atomic E-state index is 13.5. The molecule has 0 amide bonds. The molecule has 1 N–H and O–H groups in total. The lowest BCUT2D eigenvalue weighted by molar-refractivity contribution is -0.946. The molecule has 5 aliphatic rings. The van der Waals surface area contributed by atoms with E-state index in [0.717, 1.165) is 43.2 Å². The molecule has 2 bridgehead atoms. The summed E-state index contributed by atoms with van der Waals surface area (Å²) in [4.78, 5) is 15.2. The van der Waals surface area contributed by atoms with E-state index in [9.17, 15) is 4.79 Å². The van der Waals surface area contributed by atoms with Crippen LogP contribution in [0.5, 0.6) is 11.5 Å². The van der Waals surface area contributed by atoms with Gasteiger partial charge in [0, 0.05) is 37.4 Å². The summed E-state index contributed by atoms with van der Waals surface area (Å²) in [6.45, 7) is 7.18. The minimum absolute atomic E-state index is 0. The van der Waals surface area contributed by atoms with Crippen molar-refractivity contribution in [2.45, 2.75) is 81.5 Å². The lowest BCUT2D eigenvalue weighted by Gasteiger charge is -2.65. The average Bonchev–Trinajstić information content (AvgIpc) is 2.98. The number of halogens is 1. The normalized spacial score (nSPS) is 39.8. The van der Waals surface area contributed by atoms with Crippen molar-refractivity contribution in [1.29, 1.82) is 0 Å². The van der Waals surface area contributed by atoms with E-state index in [-0.39, 0.29) is 23.8 Å². The van der Waals surface area contributed by atoms with E-state index in [4.69, 9.17) is 14.2 Å². The first-order valence-corrected chi connectivity index (χ1v) is 11.9. The van der Waals surface area contributed by atoms with Crippen LogP contribution >= 0.6 is 0 Å². The summed E-state index contributed by atoms with van der Waals surface area (Å²) in [5.41, 5.74) is 0.954. The van der Waals surface area contributed by atoms with E-state index < -0.39 is 11.0 Å². The van der Waals surface area contributed by atoms with E-state index in [1.807, 2.05) is 13.0 Å². The van der Waals surface area contributed by atoms with Crippen LogP contribution in [0.2, 0.25) is 0 Å². The van der Waals surface area contributed by atoms with Crippen molar-refractivity contribution in [3.63, 3.8) is 0 Å². The Bertz CT molecular complexity index is 917. The number of carbonyl (C=O) groups is 1. The van der Waals surface area contributed by atoms with Gasteiger partial charge in [-0.15, -0.1) is 0 Å². The topological polar surface area (TPSA) is 49.2 Å². The number of carbonyl (C=O) groups excluding carboxylic acids is 1. The highest BCUT2D eigenvalue weighted by molar-refractivity contribution is 5.94. The zero-order valence-corrected chi connectivity index (χ0v) is 19.6. The molecule has 2 saturated carbocycles. The smallest absolute Gasteiger partial charge is 0.177 e. The number of likely N-dealkylation sites (tertiary alicyclic amines) is 1. The van der Waals surface area contributed by atoms with Crippen LogP contribution in [0.4, 0.5) is 0 Å². The SMILES string of the molecule is CCO[C@@]12CCC(=O)[C@]3(C)Oc4c(OC)ccc5c4[C@@]31CC[NH+](CC1CCC1)[C@@H]2C5.[Cl-]. The molecule has 1 spiro atoms. The average molecular weight is 448 g/mol. The molecule has 5 atom stereocenters. The minimum Gasteiger partial charge on any atom is -1.00 e. The molecule has 170 valence electrons. The maximum Gasteiger partial charge on any atom is 0.177 e. The second kappa shape index (κ2) is 7.10. The van der Waals surface area contributed by atoms with Crippen LogP contribution in [-0.2, 0) is 21.4 Å². The molecule has 1 aromatic rings. The molecule has 2 aliphatic heterocycles. The third-order valence-electron chi connectivity index (χ3n) is 9.43. The van der Waals surface area contributed by atoms with Crippen LogP contribution < -0.4 is 26.8 Å². The number of piperidine rings is 1. The van der Waals surface area contributed by atoms with Gasteiger partial charge in [0.15, 0.2) is 22.9 Å². The lowest BCUT2D eigenvalue weighted by Crippen LogP contribution is -3.22. The van der Waals surface area contributed by atoms with Crippen LogP contribution in [0.25, 0.3) is 0 Å². The first kappa shape index (κ1) is 21.5. The molecule has 1 saturated heterocycles. The fourth-order valence-corrected chi connectivity index (χ4v) is 7.99. The summed E-state index contributed by atoms with van der Waals surface area (Å²) >= 11 is 0. The molecule has 6 rings (SSSR count). The predicted octanol–water partition coefficient (Wildman–Crippen LogP) is -0.760. The molecule has 2 heterocycles. The Morgan fingerprint density at radius 1 is 1.26 bits per heavy atom. The largest absolute Gasteiger partial charge is 1.00 e. The highest BCUT2D eigenvalue weighted by atomic mass is 35.5. The van der Waals surface area contributed by atoms with Gasteiger partial charge in [0.1, 0.15) is 11.6 Å². The molecule has 6 heteroatoms. The number of rotatable bonds is 5. The summed E-state index contributed by atoms with van der Waals surface area (Å²) in [5.74, 6) is 2.64. The van der Waals surface area contributed by atoms with Crippen molar-refractivity contribution in [3.8, 4) is 11.5 Å². The van der Waals surface area contributed by atoms with Crippen LogP contribution in [-0.4, -0.2) is 49.8 Å². The maximum absolute atomic E-state index is 13.5. The van der Waals surface area contributed by atoms with Gasteiger partial charge in [-0.05, 0) is 44.7 Å². The summed E-state index contributed by atoms with van der Waals surface area (Å²) in [6.07, 6.45) is 7.44. The number of methoxy groups -OCH3 is 1. The fourth-order valence-electron chi connectivity index (χ4n) is 7.99. The first-order chi connectivity index (χ1) is 14.5. The Balaban J connectivity index is 0.00000204. The van der Waals surface area contributed by atoms with E-state index >= 15 is 0 Å². The molecule has 31 heavy (non-hydrogen) atoms. The number of hydrogen-bond acceptors (Lipinski definition) is 4. The van der Waals surface area contributed by atoms with Crippen molar-refractivity contribution < 1.29 is 36.3 Å². The molecule has 3 aliphatic carbocycles. The summed E-state index contributed by atoms with van der Waals surface area (Å²) < 4.78 is 19.2. The summed E-state index contributed by atoms with van der Waals surface area (Å²) in [7, 11) is 1.69. The Morgan fingerprint density at radius 2 is 2.06 bits per heavy atom. The summed E-state index contributed by atoms with van der Waals surface area (Å²) in [5, 5.41) is 0. The molecule has 3 fully saturated rings. The molecule has 0 radical (unpaired) electrons. The van der Waals surface area contributed by atoms with Crippen molar-refractivity contribution in [2.75, 3.05) is 26.8 Å². The van der Waals surface area contributed by atoms with Gasteiger partial charge in [0.2, 0.25) is 0 Å². The Morgan fingerprint density at radius 3 is 2.74 bits per heavy atom. The van der Waals surface area contributed by atoms with Crippen LogP contribution in [0.15, 0.2) is 12.1 Å². The summed E-state index contributed by atoms with van der Waals surface area (Å²) in [6, 6.07) is 4.64. The lowest BCUT2D eigenvalue weighted by atomic mass is 9.45. The van der Waals surface area contributed by atoms with Gasteiger partial charge in [-0.3, -0.25) is 4.79 Å². The van der Waals surface area contributed by atoms with E-state index in [2.05, 4.69) is 13.0 Å². The number of ether oxygens (including phenoxy) is 3. The van der Waals surface area contributed by atoms with Crippen molar-refractivity contribution >= 4 is 5.78 Å². The highest BCUT2D eigenvalue weighted by Gasteiger charge is 2.80. The molecule has 1 aromatic carbocycles. The third kappa shape index (κ3) is 2.38. The Kier molecular flexibility index (Phi) is 4.93. The molecule has 1 unspecified atom stereocenters. The number of quaternary nitrogens is 1. The van der Waals surface area contributed by atoms with Crippen LogP contribution in [0, 0.1) is 5.92 Å². The van der Waals surface area contributed by atoms with Crippen molar-refractivity contribution in [2.24, 2.45) is 5.92 Å². The number of benzene rings is 1. The second-order valence-corrected chi connectivity index (χ2v) is 10.3. The number of ketones is 1. The second-order valence-electron chi connectivity index (χ2n) is 10.3. The van der Waals surface area contributed by atoms with Gasteiger partial charge in [-0.25, -0.2) is 0 Å². The van der Waals surface area contributed by atoms with Gasteiger partial charge < -0.3 is 31.5 Å². The van der Waals surface area contributed by atoms with Crippen molar-refractivity contribution in [3.05, 3.63) is 23.3 Å². The molecular weight excluding hydrogens is 414 g/mol. The highest BCUT2D eigenvalue weighted by Crippen LogP contribution is 2.68. The predicted molar refractivity (Wildman–Crippen MR) is 112 cm³/mol. The number of nitrogens with one attached hydrogen (secondary N) is 1. The zero-order chi connectivity index (χ0) is 20.7. The van der Waals surface area contributed by atoms with E-state index in [1.165, 1.54) is 36.9 Å². The van der Waals surface area contributed by atoms with Gasteiger partial charge in [0.25, 0.3) is 0 Å². The van der Waals surface area contributed by atoms with Gasteiger partial charge in [-0.2, -0.15) is 0 Å². The molecule has 0 aromatic heterocycles. The van der Waals surface area contributed by atoms with E-state index in [1.54, 1.807) is 12.0 Å². The third-order valence-corrected chi connectivity index (χ3v) is 9.43. The van der Waals surface area contributed by atoms with E-state index in [0.29, 0.717) is 19.1 Å². The molecular formula is C25H34ClNO4. The molecule has 5 nitrogen and oxygen atoms in total. The van der Waals surface area contributed by atoms with Crippen molar-refractivity contribution in [1.82, 2.24) is 0 Å². The Hall–Kier alpha value is -1.30. The van der Waals surface area contributed by atoms with Gasteiger partial charge in [-0.1, -0.05) is 12.5 Å².